The highest BCUT2D eigenvalue weighted by Crippen LogP contribution is 2.31. The van der Waals surface area contributed by atoms with Crippen LogP contribution in [0.2, 0.25) is 5.02 Å². The third-order valence-corrected chi connectivity index (χ3v) is 5.91. The number of benzene rings is 1. The van der Waals surface area contributed by atoms with Crippen LogP contribution in [0, 0.1) is 11.8 Å². The molecule has 2 aromatic heterocycles. The van der Waals surface area contributed by atoms with Crippen LogP contribution >= 0.6 is 11.6 Å². The molecule has 5 rings (SSSR count). The van der Waals surface area contributed by atoms with E-state index in [9.17, 15) is 9.59 Å². The number of halogens is 1. The van der Waals surface area contributed by atoms with Gasteiger partial charge in [0.05, 0.1) is 11.7 Å². The maximum Gasteiger partial charge on any atom is 0.332 e. The fraction of sp³-hybridized carbons (Fsp3) is 0.364. The summed E-state index contributed by atoms with van der Waals surface area (Å²) < 4.78 is 3.02. The summed E-state index contributed by atoms with van der Waals surface area (Å²) in [6.45, 7) is 1.12. The number of fused-ring (bicyclic) bond motifs is 1. The van der Waals surface area contributed by atoms with Crippen LogP contribution in [0.4, 0.5) is 5.82 Å². The van der Waals surface area contributed by atoms with Gasteiger partial charge in [0.15, 0.2) is 0 Å². The van der Waals surface area contributed by atoms with E-state index in [-0.39, 0.29) is 11.2 Å². The van der Waals surface area contributed by atoms with Gasteiger partial charge in [0.2, 0.25) is 0 Å². The number of hydrogen-bond donors (Lipinski definition) is 1. The molecular weight excluding hydrogens is 402 g/mol. The first-order valence-corrected chi connectivity index (χ1v) is 10.6. The fourth-order valence-corrected chi connectivity index (χ4v) is 3.76. The van der Waals surface area contributed by atoms with E-state index in [0.717, 1.165) is 42.1 Å². The van der Waals surface area contributed by atoms with E-state index in [4.69, 9.17) is 11.6 Å². The summed E-state index contributed by atoms with van der Waals surface area (Å²) in [6.07, 6.45) is 7.76. The van der Waals surface area contributed by atoms with Gasteiger partial charge < -0.3 is 0 Å². The van der Waals surface area contributed by atoms with Gasteiger partial charge in [0.25, 0.3) is 5.56 Å². The van der Waals surface area contributed by atoms with Gasteiger partial charge in [-0.25, -0.2) is 4.79 Å². The maximum atomic E-state index is 13.0. The molecule has 0 saturated heterocycles. The van der Waals surface area contributed by atoms with E-state index in [0.29, 0.717) is 35.8 Å². The lowest BCUT2D eigenvalue weighted by atomic mass is 10.1. The van der Waals surface area contributed by atoms with Gasteiger partial charge in [0.1, 0.15) is 5.82 Å². The van der Waals surface area contributed by atoms with E-state index < -0.39 is 0 Å². The molecule has 0 radical (unpaired) electrons. The van der Waals surface area contributed by atoms with Crippen LogP contribution < -0.4 is 16.7 Å². The molecule has 2 aliphatic carbocycles. The first-order chi connectivity index (χ1) is 14.6. The summed E-state index contributed by atoms with van der Waals surface area (Å²) in [6, 6.07) is 8.81. The topological polar surface area (TPSA) is 81.3 Å². The van der Waals surface area contributed by atoms with Crippen LogP contribution in [0.5, 0.6) is 0 Å². The SMILES string of the molecule is O=c1cc(N/N=C/c2ccnc3ccc(Cl)cc23)n(CC2CC2)c(=O)n1CC1CC1. The van der Waals surface area contributed by atoms with Crippen molar-refractivity contribution < 1.29 is 0 Å². The number of nitrogens with zero attached hydrogens (tertiary/aromatic N) is 4. The number of anilines is 1. The van der Waals surface area contributed by atoms with Crippen molar-refractivity contribution >= 4 is 34.5 Å². The summed E-state index contributed by atoms with van der Waals surface area (Å²) in [7, 11) is 0. The minimum absolute atomic E-state index is 0.250. The monoisotopic (exact) mass is 423 g/mol. The van der Waals surface area contributed by atoms with Crippen LogP contribution in [0.3, 0.4) is 0 Å². The summed E-state index contributed by atoms with van der Waals surface area (Å²) in [5.74, 6) is 1.37. The van der Waals surface area contributed by atoms with Gasteiger partial charge in [-0.2, -0.15) is 5.10 Å². The lowest BCUT2D eigenvalue weighted by Crippen LogP contribution is -2.41. The zero-order valence-corrected chi connectivity index (χ0v) is 17.2. The van der Waals surface area contributed by atoms with Gasteiger partial charge in [-0.1, -0.05) is 11.6 Å². The average molecular weight is 424 g/mol. The molecule has 0 unspecified atom stereocenters. The lowest BCUT2D eigenvalue weighted by molar-refractivity contribution is 0.510. The van der Waals surface area contributed by atoms with E-state index in [1.807, 2.05) is 18.2 Å². The third-order valence-electron chi connectivity index (χ3n) is 5.67. The van der Waals surface area contributed by atoms with Crippen LogP contribution in [0.1, 0.15) is 31.2 Å². The Kier molecular flexibility index (Phi) is 4.90. The Labute approximate surface area is 178 Å². The molecule has 2 heterocycles. The molecule has 2 fully saturated rings. The van der Waals surface area contributed by atoms with Crippen LogP contribution in [0.25, 0.3) is 10.9 Å². The Morgan fingerprint density at radius 1 is 1.07 bits per heavy atom. The normalized spacial score (nSPS) is 16.4. The molecule has 0 aliphatic heterocycles. The molecule has 2 aliphatic rings. The Balaban J connectivity index is 1.46. The Bertz CT molecular complexity index is 1250. The molecule has 1 N–H and O–H groups in total. The van der Waals surface area contributed by atoms with E-state index in [1.54, 1.807) is 23.0 Å². The highest BCUT2D eigenvalue weighted by Gasteiger charge is 2.27. The molecule has 8 heteroatoms. The number of pyridine rings is 1. The first kappa shape index (κ1) is 19.1. The zero-order chi connectivity index (χ0) is 20.7. The minimum atomic E-state index is -0.280. The number of rotatable bonds is 7. The highest BCUT2D eigenvalue weighted by molar-refractivity contribution is 6.31. The van der Waals surface area contributed by atoms with E-state index in [2.05, 4.69) is 15.5 Å². The van der Waals surface area contributed by atoms with Crippen molar-refractivity contribution in [1.29, 1.82) is 0 Å². The van der Waals surface area contributed by atoms with E-state index in [1.165, 1.54) is 10.6 Å². The van der Waals surface area contributed by atoms with Crippen molar-refractivity contribution in [2.24, 2.45) is 16.9 Å². The van der Waals surface area contributed by atoms with Crippen molar-refractivity contribution in [3.63, 3.8) is 0 Å². The minimum Gasteiger partial charge on any atom is -0.278 e. The molecule has 2 saturated carbocycles. The second-order valence-corrected chi connectivity index (χ2v) is 8.63. The first-order valence-electron chi connectivity index (χ1n) is 10.3. The molecule has 1 aromatic carbocycles. The standard InChI is InChI=1S/C22H22ClN5O2/c23-17-5-6-19-18(9-17)16(7-8-24-19)11-25-26-20-10-21(29)28(13-15-3-4-15)22(30)27(20)12-14-1-2-14/h5-11,14-15,26H,1-4,12-13H2/b25-11+. The second-order valence-electron chi connectivity index (χ2n) is 8.19. The molecule has 3 aromatic rings. The summed E-state index contributed by atoms with van der Waals surface area (Å²) in [5.41, 5.74) is 4.05. The lowest BCUT2D eigenvalue weighted by Gasteiger charge is -2.14. The van der Waals surface area contributed by atoms with Crippen LogP contribution in [-0.4, -0.2) is 20.3 Å². The van der Waals surface area contributed by atoms with Crippen molar-refractivity contribution in [2.45, 2.75) is 38.8 Å². The molecular formula is C22H22ClN5O2. The molecule has 7 nitrogen and oxygen atoms in total. The fourth-order valence-electron chi connectivity index (χ4n) is 3.59. The van der Waals surface area contributed by atoms with Crippen molar-refractivity contribution in [1.82, 2.24) is 14.1 Å². The average Bonchev–Trinajstić information content (AvgIpc) is 3.64. The maximum absolute atomic E-state index is 13.0. The second kappa shape index (κ2) is 7.72. The van der Waals surface area contributed by atoms with Crippen LogP contribution in [0.15, 0.2) is 51.2 Å². The predicted octanol–water partition coefficient (Wildman–Crippen LogP) is 3.48. The van der Waals surface area contributed by atoms with Gasteiger partial charge in [0, 0.05) is 41.3 Å². The molecule has 154 valence electrons. The predicted molar refractivity (Wildman–Crippen MR) is 118 cm³/mol. The zero-order valence-electron chi connectivity index (χ0n) is 16.4. The Hall–Kier alpha value is -2.93. The van der Waals surface area contributed by atoms with Gasteiger partial charge in [-0.3, -0.25) is 24.3 Å². The number of aromatic nitrogens is 3. The number of nitrogens with one attached hydrogen (secondary N) is 1. The highest BCUT2D eigenvalue weighted by atomic mass is 35.5. The Morgan fingerprint density at radius 3 is 2.53 bits per heavy atom. The van der Waals surface area contributed by atoms with Crippen molar-refractivity contribution in [3.8, 4) is 0 Å². The number of hydrogen-bond acceptors (Lipinski definition) is 5. The molecule has 30 heavy (non-hydrogen) atoms. The van der Waals surface area contributed by atoms with Gasteiger partial charge >= 0.3 is 5.69 Å². The Morgan fingerprint density at radius 2 is 1.80 bits per heavy atom. The van der Waals surface area contributed by atoms with Crippen molar-refractivity contribution in [3.05, 3.63) is 68.0 Å². The molecule has 0 amide bonds. The summed E-state index contributed by atoms with van der Waals surface area (Å²) in [4.78, 5) is 29.9. The number of hydrazone groups is 1. The van der Waals surface area contributed by atoms with Gasteiger partial charge in [-0.05, 0) is 61.8 Å². The van der Waals surface area contributed by atoms with Crippen LogP contribution in [-0.2, 0) is 13.1 Å². The third kappa shape index (κ3) is 4.03. The van der Waals surface area contributed by atoms with Crippen molar-refractivity contribution in [2.75, 3.05) is 5.43 Å². The molecule has 0 spiro atoms. The molecule has 0 atom stereocenters. The summed E-state index contributed by atoms with van der Waals surface area (Å²) in [5, 5.41) is 5.81. The summed E-state index contributed by atoms with van der Waals surface area (Å²) >= 11 is 6.12. The van der Waals surface area contributed by atoms with E-state index >= 15 is 0 Å². The molecule has 0 bridgehead atoms. The largest absolute Gasteiger partial charge is 0.332 e. The van der Waals surface area contributed by atoms with Gasteiger partial charge in [-0.15, -0.1) is 0 Å². The quantitative estimate of drug-likeness (QED) is 0.466. The smallest absolute Gasteiger partial charge is 0.278 e.